The quantitative estimate of drug-likeness (QED) is 0.357. The van der Waals surface area contributed by atoms with E-state index in [2.05, 4.69) is 51.9 Å². The van der Waals surface area contributed by atoms with Gasteiger partial charge in [0.05, 0.1) is 11.7 Å². The second-order valence-electron chi connectivity index (χ2n) is 7.70. The number of rotatable bonds is 7. The van der Waals surface area contributed by atoms with E-state index < -0.39 is 0 Å². The van der Waals surface area contributed by atoms with Crippen LogP contribution in [0.5, 0.6) is 0 Å². The molecule has 6 heteroatoms. The van der Waals surface area contributed by atoms with Crippen molar-refractivity contribution in [2.75, 3.05) is 13.6 Å². The maximum Gasteiger partial charge on any atom is 0.191 e. The van der Waals surface area contributed by atoms with E-state index in [1.54, 1.807) is 6.20 Å². The van der Waals surface area contributed by atoms with Crippen molar-refractivity contribution in [3.8, 4) is 5.69 Å². The molecular weight excluding hydrogens is 449 g/mol. The Morgan fingerprint density at radius 1 is 1.22 bits per heavy atom. The molecule has 2 fully saturated rings. The summed E-state index contributed by atoms with van der Waals surface area (Å²) in [4.78, 5) is 4.43. The van der Waals surface area contributed by atoms with Crippen molar-refractivity contribution >= 4 is 29.9 Å². The lowest BCUT2D eigenvalue weighted by molar-refractivity contribution is 0.399. The first-order valence-electron chi connectivity index (χ1n) is 9.82. The topological polar surface area (TPSA) is 54.2 Å². The molecule has 1 atom stereocenters. The van der Waals surface area contributed by atoms with Crippen molar-refractivity contribution in [2.45, 2.75) is 38.6 Å². The van der Waals surface area contributed by atoms with E-state index in [4.69, 9.17) is 0 Å². The molecule has 2 aliphatic carbocycles. The van der Waals surface area contributed by atoms with Crippen molar-refractivity contribution in [2.24, 2.45) is 22.7 Å². The zero-order chi connectivity index (χ0) is 17.9. The first-order valence-corrected chi connectivity index (χ1v) is 9.82. The van der Waals surface area contributed by atoms with Crippen LogP contribution in [0.2, 0.25) is 0 Å². The molecule has 27 heavy (non-hydrogen) atoms. The highest BCUT2D eigenvalue weighted by Gasteiger charge is 2.41. The summed E-state index contributed by atoms with van der Waals surface area (Å²) in [7, 11) is 1.85. The molecule has 2 aromatic rings. The lowest BCUT2D eigenvalue weighted by Gasteiger charge is -2.22. The number of hydrogen-bond donors (Lipinski definition) is 2. The highest BCUT2D eigenvalue weighted by molar-refractivity contribution is 14.0. The lowest BCUT2D eigenvalue weighted by atomic mass is 9.98. The van der Waals surface area contributed by atoms with E-state index in [9.17, 15) is 0 Å². The first kappa shape index (κ1) is 20.2. The molecule has 2 N–H and O–H groups in total. The molecule has 0 aliphatic heterocycles. The highest BCUT2D eigenvalue weighted by atomic mass is 127. The number of halogens is 1. The largest absolute Gasteiger partial charge is 0.356 e. The molecule has 1 aromatic heterocycles. The second-order valence-corrected chi connectivity index (χ2v) is 7.70. The van der Waals surface area contributed by atoms with Crippen LogP contribution >= 0.6 is 24.0 Å². The number of hydrogen-bond acceptors (Lipinski definition) is 2. The van der Waals surface area contributed by atoms with Crippen molar-refractivity contribution in [1.82, 2.24) is 20.4 Å². The molecule has 0 saturated heterocycles. The summed E-state index contributed by atoms with van der Waals surface area (Å²) in [5.74, 6) is 3.65. The minimum atomic E-state index is 0. The van der Waals surface area contributed by atoms with Crippen molar-refractivity contribution < 1.29 is 0 Å². The second kappa shape index (κ2) is 9.08. The van der Waals surface area contributed by atoms with Gasteiger partial charge in [-0.3, -0.25) is 4.99 Å². The van der Waals surface area contributed by atoms with Crippen LogP contribution < -0.4 is 10.6 Å². The predicted octanol–water partition coefficient (Wildman–Crippen LogP) is 4.15. The SMILES string of the molecule is CN=C(NCC(C1CC1)C1CC1)NC(C)c1cccc(-n2cccn2)c1.I. The maximum absolute atomic E-state index is 4.43. The maximum atomic E-state index is 4.43. The van der Waals surface area contributed by atoms with Gasteiger partial charge in [-0.25, -0.2) is 4.68 Å². The third kappa shape index (κ3) is 5.24. The van der Waals surface area contributed by atoms with E-state index >= 15 is 0 Å². The number of nitrogens with zero attached hydrogens (tertiary/aromatic N) is 3. The smallest absolute Gasteiger partial charge is 0.191 e. The Morgan fingerprint density at radius 2 is 1.96 bits per heavy atom. The molecule has 1 aromatic carbocycles. The molecule has 1 heterocycles. The molecule has 1 unspecified atom stereocenters. The number of aliphatic imine (C=N–C) groups is 1. The standard InChI is InChI=1S/C21H29N5.HI/c1-15(18-5-3-6-19(13-18)26-12-4-11-24-26)25-21(22-2)23-14-20(16-7-8-16)17-9-10-17;/h3-6,11-13,15-17,20H,7-10,14H2,1-2H3,(H2,22,23,25);1H. The Morgan fingerprint density at radius 3 is 2.56 bits per heavy atom. The van der Waals surface area contributed by atoms with Crippen LogP contribution in [0.25, 0.3) is 5.69 Å². The molecular formula is C21H30IN5. The van der Waals surface area contributed by atoms with E-state index in [0.717, 1.165) is 35.9 Å². The fourth-order valence-corrected chi connectivity index (χ4v) is 3.82. The number of guanidine groups is 1. The summed E-state index contributed by atoms with van der Waals surface area (Å²) >= 11 is 0. The Kier molecular flexibility index (Phi) is 6.78. The van der Waals surface area contributed by atoms with Gasteiger partial charge >= 0.3 is 0 Å². The van der Waals surface area contributed by atoms with Gasteiger partial charge in [-0.1, -0.05) is 12.1 Å². The van der Waals surface area contributed by atoms with Gasteiger partial charge in [-0.05, 0) is 74.1 Å². The Labute approximate surface area is 179 Å². The number of benzene rings is 1. The van der Waals surface area contributed by atoms with Gasteiger partial charge in [0.15, 0.2) is 5.96 Å². The Hall–Kier alpha value is -1.57. The molecule has 2 aliphatic rings. The zero-order valence-corrected chi connectivity index (χ0v) is 18.5. The van der Waals surface area contributed by atoms with Gasteiger partial charge in [0.1, 0.15) is 0 Å². The fraction of sp³-hybridized carbons (Fsp3) is 0.524. The molecule has 146 valence electrons. The zero-order valence-electron chi connectivity index (χ0n) is 16.1. The van der Waals surface area contributed by atoms with Gasteiger partial charge in [0, 0.05) is 26.0 Å². The van der Waals surface area contributed by atoms with Gasteiger partial charge in [0.25, 0.3) is 0 Å². The third-order valence-electron chi connectivity index (χ3n) is 5.68. The first-order chi connectivity index (χ1) is 12.7. The fourth-order valence-electron chi connectivity index (χ4n) is 3.82. The predicted molar refractivity (Wildman–Crippen MR) is 121 cm³/mol. The molecule has 2 saturated carbocycles. The number of aromatic nitrogens is 2. The van der Waals surface area contributed by atoms with Crippen LogP contribution in [0.4, 0.5) is 0 Å². The summed E-state index contributed by atoms with van der Waals surface area (Å²) in [6.45, 7) is 3.23. The van der Waals surface area contributed by atoms with Crippen molar-refractivity contribution in [3.63, 3.8) is 0 Å². The summed E-state index contributed by atoms with van der Waals surface area (Å²) in [6, 6.07) is 10.6. The summed E-state index contributed by atoms with van der Waals surface area (Å²) in [5, 5.41) is 11.4. The molecule has 4 rings (SSSR count). The monoisotopic (exact) mass is 479 g/mol. The minimum absolute atomic E-state index is 0. The van der Waals surface area contributed by atoms with Gasteiger partial charge in [0.2, 0.25) is 0 Å². The van der Waals surface area contributed by atoms with Crippen LogP contribution in [0.3, 0.4) is 0 Å². The summed E-state index contributed by atoms with van der Waals surface area (Å²) < 4.78 is 1.89. The Balaban J connectivity index is 0.00000210. The van der Waals surface area contributed by atoms with Crippen LogP contribution in [-0.4, -0.2) is 29.3 Å². The minimum Gasteiger partial charge on any atom is -0.356 e. The average Bonchev–Trinajstić information content (AvgIpc) is 3.61. The van der Waals surface area contributed by atoms with Crippen LogP contribution in [-0.2, 0) is 0 Å². The molecule has 5 nitrogen and oxygen atoms in total. The summed E-state index contributed by atoms with van der Waals surface area (Å²) in [5.41, 5.74) is 2.30. The average molecular weight is 479 g/mol. The summed E-state index contributed by atoms with van der Waals surface area (Å²) in [6.07, 6.45) is 9.46. The molecule has 0 spiro atoms. The van der Waals surface area contributed by atoms with Gasteiger partial charge in [-0.15, -0.1) is 24.0 Å². The van der Waals surface area contributed by atoms with E-state index in [0.29, 0.717) is 0 Å². The van der Waals surface area contributed by atoms with E-state index in [1.807, 2.05) is 24.0 Å². The normalized spacial score (nSPS) is 18.1. The van der Waals surface area contributed by atoms with E-state index in [-0.39, 0.29) is 30.0 Å². The van der Waals surface area contributed by atoms with Gasteiger partial charge < -0.3 is 10.6 Å². The molecule has 0 bridgehead atoms. The van der Waals surface area contributed by atoms with E-state index in [1.165, 1.54) is 31.2 Å². The van der Waals surface area contributed by atoms with Crippen molar-refractivity contribution in [1.29, 1.82) is 0 Å². The molecule has 0 amide bonds. The van der Waals surface area contributed by atoms with Crippen LogP contribution in [0.15, 0.2) is 47.7 Å². The van der Waals surface area contributed by atoms with Crippen LogP contribution in [0.1, 0.15) is 44.2 Å². The van der Waals surface area contributed by atoms with Crippen LogP contribution in [0, 0.1) is 17.8 Å². The Bertz CT molecular complexity index is 738. The third-order valence-corrected chi connectivity index (χ3v) is 5.68. The van der Waals surface area contributed by atoms with Crippen molar-refractivity contribution in [3.05, 3.63) is 48.3 Å². The lowest BCUT2D eigenvalue weighted by Crippen LogP contribution is -2.41. The van der Waals surface area contributed by atoms with Gasteiger partial charge in [-0.2, -0.15) is 5.10 Å². The molecule has 0 radical (unpaired) electrons. The highest BCUT2D eigenvalue weighted by Crippen LogP contribution is 2.48. The number of nitrogens with one attached hydrogen (secondary N) is 2.